The van der Waals surface area contributed by atoms with Crippen LogP contribution in [0.3, 0.4) is 0 Å². The maximum atomic E-state index is 6.51. The second-order valence-corrected chi connectivity index (χ2v) is 7.11. The Hall–Kier alpha value is -1.25. The van der Waals surface area contributed by atoms with Gasteiger partial charge in [0.05, 0.1) is 0 Å². The van der Waals surface area contributed by atoms with Crippen molar-refractivity contribution >= 4 is 11.8 Å². The highest BCUT2D eigenvalue weighted by Crippen LogP contribution is 2.32. The first-order chi connectivity index (χ1) is 10.1. The molecule has 0 aromatic heterocycles. The molecule has 0 aliphatic carbocycles. The molecule has 0 bridgehead atoms. The van der Waals surface area contributed by atoms with Gasteiger partial charge in [0.1, 0.15) is 0 Å². The summed E-state index contributed by atoms with van der Waals surface area (Å²) in [5, 5.41) is 0.424. The van der Waals surface area contributed by atoms with Crippen molar-refractivity contribution in [3.8, 4) is 0 Å². The van der Waals surface area contributed by atoms with E-state index in [4.69, 9.17) is 5.73 Å². The Labute approximate surface area is 133 Å². The Bertz CT molecular complexity index is 551. The number of aryl methyl sites for hydroxylation is 1. The summed E-state index contributed by atoms with van der Waals surface area (Å²) in [5.74, 6) is 1.57. The van der Waals surface area contributed by atoms with E-state index in [2.05, 4.69) is 69.3 Å². The fourth-order valence-corrected chi connectivity index (χ4v) is 3.88. The van der Waals surface area contributed by atoms with Crippen LogP contribution in [-0.4, -0.2) is 5.25 Å². The van der Waals surface area contributed by atoms with Crippen molar-refractivity contribution in [2.24, 2.45) is 11.7 Å². The van der Waals surface area contributed by atoms with E-state index in [1.807, 2.05) is 17.8 Å². The van der Waals surface area contributed by atoms with Gasteiger partial charge in [0.15, 0.2) is 0 Å². The predicted octanol–water partition coefficient (Wildman–Crippen LogP) is 4.95. The molecular formula is C19H25NS. The highest BCUT2D eigenvalue weighted by atomic mass is 32.2. The lowest BCUT2D eigenvalue weighted by Crippen LogP contribution is -2.28. The Balaban J connectivity index is 2.06. The highest BCUT2D eigenvalue weighted by molar-refractivity contribution is 7.99. The van der Waals surface area contributed by atoms with Crippen LogP contribution in [0.25, 0.3) is 0 Å². The summed E-state index contributed by atoms with van der Waals surface area (Å²) >= 11 is 1.97. The van der Waals surface area contributed by atoms with Gasteiger partial charge < -0.3 is 5.73 Å². The maximum absolute atomic E-state index is 6.51. The SMILES string of the molecule is Cc1cccc(CSC(C(C)C)C(N)c2ccccc2)c1. The molecule has 0 saturated heterocycles. The summed E-state index contributed by atoms with van der Waals surface area (Å²) in [4.78, 5) is 0. The number of nitrogens with two attached hydrogens (primary N) is 1. The monoisotopic (exact) mass is 299 g/mol. The average molecular weight is 299 g/mol. The van der Waals surface area contributed by atoms with Crippen molar-refractivity contribution in [2.75, 3.05) is 0 Å². The fourth-order valence-electron chi connectivity index (χ4n) is 2.57. The number of thioether (sulfide) groups is 1. The second-order valence-electron chi connectivity index (χ2n) is 5.95. The van der Waals surface area contributed by atoms with Crippen molar-refractivity contribution in [3.63, 3.8) is 0 Å². The second kappa shape index (κ2) is 7.67. The Kier molecular flexibility index (Phi) is 5.89. The van der Waals surface area contributed by atoms with Crippen LogP contribution in [0, 0.1) is 12.8 Å². The van der Waals surface area contributed by atoms with Gasteiger partial charge in [-0.15, -0.1) is 0 Å². The molecule has 2 unspecified atom stereocenters. The molecule has 0 amide bonds. The Morgan fingerprint density at radius 3 is 2.33 bits per heavy atom. The molecule has 1 nitrogen and oxygen atoms in total. The summed E-state index contributed by atoms with van der Waals surface area (Å²) in [6, 6.07) is 19.3. The minimum Gasteiger partial charge on any atom is -0.323 e. The molecule has 0 fully saturated rings. The zero-order valence-electron chi connectivity index (χ0n) is 13.1. The molecule has 0 aliphatic rings. The lowest BCUT2D eigenvalue weighted by molar-refractivity contribution is 0.527. The van der Waals surface area contributed by atoms with Gasteiger partial charge in [-0.2, -0.15) is 11.8 Å². The zero-order valence-corrected chi connectivity index (χ0v) is 13.9. The molecule has 2 N–H and O–H groups in total. The molecule has 2 atom stereocenters. The third-order valence-electron chi connectivity index (χ3n) is 3.72. The first-order valence-corrected chi connectivity index (χ1v) is 8.60. The van der Waals surface area contributed by atoms with Crippen LogP contribution in [0.1, 0.15) is 36.6 Å². The molecule has 0 radical (unpaired) electrons. The third kappa shape index (κ3) is 4.62. The zero-order chi connectivity index (χ0) is 15.2. The van der Waals surface area contributed by atoms with Gasteiger partial charge in [-0.25, -0.2) is 0 Å². The van der Waals surface area contributed by atoms with Crippen LogP contribution in [0.15, 0.2) is 54.6 Å². The topological polar surface area (TPSA) is 26.0 Å². The summed E-state index contributed by atoms with van der Waals surface area (Å²) in [7, 11) is 0. The molecule has 0 saturated carbocycles. The van der Waals surface area contributed by atoms with E-state index in [1.54, 1.807) is 0 Å². The minimum absolute atomic E-state index is 0.0843. The van der Waals surface area contributed by atoms with Crippen LogP contribution < -0.4 is 5.73 Å². The average Bonchev–Trinajstić information content (AvgIpc) is 2.48. The molecule has 21 heavy (non-hydrogen) atoms. The summed E-state index contributed by atoms with van der Waals surface area (Å²) in [6.45, 7) is 6.66. The van der Waals surface area contributed by atoms with E-state index in [1.165, 1.54) is 16.7 Å². The van der Waals surface area contributed by atoms with E-state index < -0.39 is 0 Å². The van der Waals surface area contributed by atoms with Gasteiger partial charge in [-0.3, -0.25) is 0 Å². The normalized spacial score (nSPS) is 14.1. The van der Waals surface area contributed by atoms with Gasteiger partial charge in [-0.1, -0.05) is 74.0 Å². The fraction of sp³-hybridized carbons (Fsp3) is 0.368. The Morgan fingerprint density at radius 1 is 1.00 bits per heavy atom. The molecule has 0 spiro atoms. The highest BCUT2D eigenvalue weighted by Gasteiger charge is 2.23. The largest absolute Gasteiger partial charge is 0.323 e. The van der Waals surface area contributed by atoms with Crippen molar-refractivity contribution in [2.45, 2.75) is 37.8 Å². The maximum Gasteiger partial charge on any atom is 0.0418 e. The number of benzene rings is 2. The van der Waals surface area contributed by atoms with Gasteiger partial charge >= 0.3 is 0 Å². The number of hydrogen-bond donors (Lipinski definition) is 1. The molecule has 2 rings (SSSR count). The lowest BCUT2D eigenvalue weighted by atomic mass is 9.97. The lowest BCUT2D eigenvalue weighted by Gasteiger charge is -2.27. The minimum atomic E-state index is 0.0843. The molecule has 2 aromatic rings. The van der Waals surface area contributed by atoms with Gasteiger partial charge in [0, 0.05) is 17.0 Å². The van der Waals surface area contributed by atoms with Crippen molar-refractivity contribution < 1.29 is 0 Å². The van der Waals surface area contributed by atoms with Gasteiger partial charge in [-0.05, 0) is 24.0 Å². The molecule has 2 heteroatoms. The van der Waals surface area contributed by atoms with Gasteiger partial charge in [0.2, 0.25) is 0 Å². The van der Waals surface area contributed by atoms with Crippen LogP contribution in [-0.2, 0) is 5.75 Å². The molecule has 0 heterocycles. The van der Waals surface area contributed by atoms with E-state index >= 15 is 0 Å². The van der Waals surface area contributed by atoms with E-state index in [0.717, 1.165) is 5.75 Å². The first kappa shape index (κ1) is 16.1. The molecule has 0 aliphatic heterocycles. The summed E-state index contributed by atoms with van der Waals surface area (Å²) in [5.41, 5.74) is 10.4. The van der Waals surface area contributed by atoms with Gasteiger partial charge in [0.25, 0.3) is 0 Å². The first-order valence-electron chi connectivity index (χ1n) is 7.55. The summed E-state index contributed by atoms with van der Waals surface area (Å²) in [6.07, 6.45) is 0. The molecule has 2 aromatic carbocycles. The number of hydrogen-bond acceptors (Lipinski definition) is 2. The predicted molar refractivity (Wildman–Crippen MR) is 94.5 cm³/mol. The molecular weight excluding hydrogens is 274 g/mol. The standard InChI is InChI=1S/C19H25NS/c1-14(2)19(18(20)17-10-5-4-6-11-17)21-13-16-9-7-8-15(3)12-16/h4-12,14,18-19H,13,20H2,1-3H3. The van der Waals surface area contributed by atoms with E-state index in [0.29, 0.717) is 11.2 Å². The van der Waals surface area contributed by atoms with Crippen LogP contribution in [0.4, 0.5) is 0 Å². The van der Waals surface area contributed by atoms with E-state index in [-0.39, 0.29) is 6.04 Å². The quantitative estimate of drug-likeness (QED) is 0.816. The van der Waals surface area contributed by atoms with Crippen molar-refractivity contribution in [1.82, 2.24) is 0 Å². The van der Waals surface area contributed by atoms with Crippen molar-refractivity contribution in [3.05, 3.63) is 71.3 Å². The number of rotatable bonds is 6. The van der Waals surface area contributed by atoms with Crippen molar-refractivity contribution in [1.29, 1.82) is 0 Å². The van der Waals surface area contributed by atoms with E-state index in [9.17, 15) is 0 Å². The summed E-state index contributed by atoms with van der Waals surface area (Å²) < 4.78 is 0. The Morgan fingerprint density at radius 2 is 1.71 bits per heavy atom. The molecule has 112 valence electrons. The smallest absolute Gasteiger partial charge is 0.0418 e. The third-order valence-corrected chi connectivity index (χ3v) is 5.44. The van der Waals surface area contributed by atoms with Crippen LogP contribution in [0.5, 0.6) is 0 Å². The van der Waals surface area contributed by atoms with Crippen LogP contribution >= 0.6 is 11.8 Å². The van der Waals surface area contributed by atoms with Crippen LogP contribution in [0.2, 0.25) is 0 Å².